The Bertz CT molecular complexity index is 849. The van der Waals surface area contributed by atoms with Crippen LogP contribution in [-0.4, -0.2) is 53.6 Å². The summed E-state index contributed by atoms with van der Waals surface area (Å²) in [6.45, 7) is 3.99. The lowest BCUT2D eigenvalue weighted by Gasteiger charge is -2.31. The first-order valence-corrected chi connectivity index (χ1v) is 12.1. The van der Waals surface area contributed by atoms with Crippen molar-refractivity contribution in [2.75, 3.05) is 13.7 Å². The van der Waals surface area contributed by atoms with Gasteiger partial charge in [0.15, 0.2) is 0 Å². The number of amides is 1. The summed E-state index contributed by atoms with van der Waals surface area (Å²) in [5.74, 6) is 1.04. The molecule has 34 heavy (non-hydrogen) atoms. The molecule has 4 atom stereocenters. The summed E-state index contributed by atoms with van der Waals surface area (Å²) >= 11 is 0. The van der Waals surface area contributed by atoms with E-state index in [1.807, 2.05) is 44.2 Å². The van der Waals surface area contributed by atoms with Crippen molar-refractivity contribution >= 4 is 11.9 Å². The second kappa shape index (κ2) is 13.4. The summed E-state index contributed by atoms with van der Waals surface area (Å²) in [5, 5.41) is 10.7. The number of unbranched alkanes of at least 4 members (excludes halogenated alkanes) is 3. The second-order valence-corrected chi connectivity index (χ2v) is 9.34. The van der Waals surface area contributed by atoms with Gasteiger partial charge in [0.05, 0.1) is 13.2 Å². The number of aliphatic hydroxyl groups is 1. The summed E-state index contributed by atoms with van der Waals surface area (Å²) in [5.41, 5.74) is 0.908. The van der Waals surface area contributed by atoms with Crippen LogP contribution in [0, 0.1) is 23.7 Å². The molecule has 188 valence electrons. The van der Waals surface area contributed by atoms with Gasteiger partial charge in [-0.1, -0.05) is 56.7 Å². The Hall–Kier alpha value is -2.46. The third-order valence-corrected chi connectivity index (χ3v) is 6.55. The van der Waals surface area contributed by atoms with Gasteiger partial charge < -0.3 is 14.7 Å². The van der Waals surface area contributed by atoms with E-state index in [2.05, 4.69) is 16.6 Å². The van der Waals surface area contributed by atoms with Crippen molar-refractivity contribution in [3.05, 3.63) is 35.9 Å². The highest BCUT2D eigenvalue weighted by atomic mass is 19.3. The van der Waals surface area contributed by atoms with E-state index < -0.39 is 30.4 Å². The number of methoxy groups -OCH3 is 1. The van der Waals surface area contributed by atoms with E-state index in [9.17, 15) is 23.5 Å². The van der Waals surface area contributed by atoms with Gasteiger partial charge in [-0.2, -0.15) is 8.78 Å². The molecule has 1 aromatic carbocycles. The van der Waals surface area contributed by atoms with Gasteiger partial charge in [0.1, 0.15) is 0 Å². The normalized spacial score (nSPS) is 19.8. The van der Waals surface area contributed by atoms with Gasteiger partial charge in [-0.05, 0) is 43.2 Å². The van der Waals surface area contributed by atoms with Crippen LogP contribution in [0.3, 0.4) is 0 Å². The molecule has 1 heterocycles. The molecule has 0 saturated carbocycles. The summed E-state index contributed by atoms with van der Waals surface area (Å²) in [6.07, 6.45) is 2.75. The standard InChI is InChI=1S/C27H37F2NO4/c1-20(12-11-15-22-13-7-6-8-14-22)24(31)18-21(2)23-19-27(28,29)26(33)30(23)17-10-5-4-9-16-25(32)34-3/h6-8,13-14,20-21,23-24,31H,4-5,9-10,12,16-19H2,1-3H3/t20?,21?,23-,24?/m1/s1. The number of rotatable bonds is 12. The zero-order chi connectivity index (χ0) is 25.1. The lowest BCUT2D eigenvalue weighted by molar-refractivity contribution is -0.148. The molecule has 5 nitrogen and oxygen atoms in total. The lowest BCUT2D eigenvalue weighted by Crippen LogP contribution is -2.40. The number of benzene rings is 1. The Labute approximate surface area is 201 Å². The quantitative estimate of drug-likeness (QED) is 0.267. The van der Waals surface area contributed by atoms with Crippen LogP contribution in [-0.2, 0) is 14.3 Å². The Kier molecular flexibility index (Phi) is 11.0. The number of carbonyl (C=O) groups excluding carboxylic acids is 2. The highest BCUT2D eigenvalue weighted by Gasteiger charge is 2.54. The SMILES string of the molecule is COC(=O)CCCCCCN1C(=O)C(F)(F)C[C@@H]1C(C)CC(O)C(C)CC#Cc1ccccc1. The van der Waals surface area contributed by atoms with Gasteiger partial charge in [-0.15, -0.1) is 0 Å². The van der Waals surface area contributed by atoms with Crippen molar-refractivity contribution in [1.29, 1.82) is 0 Å². The summed E-state index contributed by atoms with van der Waals surface area (Å²) in [6, 6.07) is 8.98. The zero-order valence-electron chi connectivity index (χ0n) is 20.4. The maximum absolute atomic E-state index is 14.3. The average Bonchev–Trinajstić information content (AvgIpc) is 3.05. The lowest BCUT2D eigenvalue weighted by atomic mass is 9.87. The number of halogens is 2. The Balaban J connectivity index is 1.85. The van der Waals surface area contributed by atoms with Gasteiger partial charge in [-0.25, -0.2) is 0 Å². The summed E-state index contributed by atoms with van der Waals surface area (Å²) in [4.78, 5) is 24.8. The van der Waals surface area contributed by atoms with Crippen molar-refractivity contribution in [2.24, 2.45) is 11.8 Å². The monoisotopic (exact) mass is 477 g/mol. The van der Waals surface area contributed by atoms with Gasteiger partial charge in [-0.3, -0.25) is 9.59 Å². The van der Waals surface area contributed by atoms with E-state index in [0.717, 1.165) is 18.4 Å². The smallest absolute Gasteiger partial charge is 0.326 e. The molecule has 0 radical (unpaired) electrons. The van der Waals surface area contributed by atoms with E-state index in [1.54, 1.807) is 0 Å². The molecule has 1 amide bonds. The van der Waals surface area contributed by atoms with E-state index in [4.69, 9.17) is 0 Å². The fourth-order valence-electron chi connectivity index (χ4n) is 4.35. The van der Waals surface area contributed by atoms with E-state index >= 15 is 0 Å². The molecule has 2 rings (SSSR count). The molecule has 0 aromatic heterocycles. The molecule has 1 aliphatic rings. The number of hydrogen-bond acceptors (Lipinski definition) is 4. The Morgan fingerprint density at radius 1 is 1.21 bits per heavy atom. The Morgan fingerprint density at radius 3 is 2.56 bits per heavy atom. The number of nitrogens with zero attached hydrogens (tertiary/aromatic N) is 1. The molecule has 0 bridgehead atoms. The molecule has 0 aliphatic carbocycles. The minimum absolute atomic E-state index is 0.112. The molecule has 1 aromatic rings. The third kappa shape index (κ3) is 8.39. The van der Waals surface area contributed by atoms with Crippen molar-refractivity contribution in [3.8, 4) is 11.8 Å². The highest BCUT2D eigenvalue weighted by Crippen LogP contribution is 2.38. The Morgan fingerprint density at radius 2 is 1.88 bits per heavy atom. The van der Waals surface area contributed by atoms with Crippen molar-refractivity contribution in [2.45, 2.75) is 83.3 Å². The fourth-order valence-corrected chi connectivity index (χ4v) is 4.35. The zero-order valence-corrected chi connectivity index (χ0v) is 20.4. The number of aliphatic hydroxyl groups excluding tert-OH is 1. The number of esters is 1. The van der Waals surface area contributed by atoms with Gasteiger partial charge in [0.25, 0.3) is 5.91 Å². The maximum atomic E-state index is 14.3. The van der Waals surface area contributed by atoms with Crippen molar-refractivity contribution < 1.29 is 28.2 Å². The predicted octanol–water partition coefficient (Wildman–Crippen LogP) is 4.81. The molecular formula is C27H37F2NO4. The van der Waals surface area contributed by atoms with Crippen LogP contribution < -0.4 is 0 Å². The molecule has 1 saturated heterocycles. The second-order valence-electron chi connectivity index (χ2n) is 9.34. The number of alkyl halides is 2. The fraction of sp³-hybridized carbons (Fsp3) is 0.630. The first-order valence-electron chi connectivity index (χ1n) is 12.1. The minimum atomic E-state index is -3.36. The van der Waals surface area contributed by atoms with E-state index in [-0.39, 0.29) is 24.3 Å². The molecule has 1 N–H and O–H groups in total. The summed E-state index contributed by atoms with van der Waals surface area (Å²) < 4.78 is 33.1. The molecule has 3 unspecified atom stereocenters. The first kappa shape index (κ1) is 27.8. The molecular weight excluding hydrogens is 440 g/mol. The number of likely N-dealkylation sites (tertiary alicyclic amines) is 1. The largest absolute Gasteiger partial charge is 0.469 e. The van der Waals surface area contributed by atoms with Gasteiger partial charge >= 0.3 is 11.9 Å². The average molecular weight is 478 g/mol. The van der Waals surface area contributed by atoms with Crippen LogP contribution in [0.5, 0.6) is 0 Å². The maximum Gasteiger partial charge on any atom is 0.326 e. The molecule has 7 heteroatoms. The molecule has 1 fully saturated rings. The van der Waals surface area contributed by atoms with Crippen LogP contribution in [0.1, 0.15) is 70.8 Å². The highest BCUT2D eigenvalue weighted by molar-refractivity contribution is 5.86. The number of ether oxygens (including phenoxy) is 1. The van der Waals surface area contributed by atoms with Gasteiger partial charge in [0, 0.05) is 37.4 Å². The van der Waals surface area contributed by atoms with E-state index in [1.165, 1.54) is 12.0 Å². The molecule has 0 spiro atoms. The van der Waals surface area contributed by atoms with Crippen LogP contribution in [0.15, 0.2) is 30.3 Å². The van der Waals surface area contributed by atoms with Crippen LogP contribution in [0.2, 0.25) is 0 Å². The van der Waals surface area contributed by atoms with E-state index in [0.29, 0.717) is 32.1 Å². The first-order chi connectivity index (χ1) is 16.2. The van der Waals surface area contributed by atoms with Gasteiger partial charge in [0.2, 0.25) is 0 Å². The predicted molar refractivity (Wildman–Crippen MR) is 127 cm³/mol. The van der Waals surface area contributed by atoms with Crippen molar-refractivity contribution in [1.82, 2.24) is 4.90 Å². The third-order valence-electron chi connectivity index (χ3n) is 6.55. The number of hydrogen-bond donors (Lipinski definition) is 1. The van der Waals surface area contributed by atoms with Crippen LogP contribution in [0.25, 0.3) is 0 Å². The van der Waals surface area contributed by atoms with Crippen LogP contribution >= 0.6 is 0 Å². The minimum Gasteiger partial charge on any atom is -0.469 e. The summed E-state index contributed by atoms with van der Waals surface area (Å²) in [7, 11) is 1.35. The topological polar surface area (TPSA) is 66.8 Å². The molecule has 1 aliphatic heterocycles. The number of carbonyl (C=O) groups is 2. The van der Waals surface area contributed by atoms with Crippen molar-refractivity contribution in [3.63, 3.8) is 0 Å². The van der Waals surface area contributed by atoms with Crippen LogP contribution in [0.4, 0.5) is 8.78 Å².